The smallest absolute Gasteiger partial charge is 0.251 e. The molecule has 3 heteroatoms. The van der Waals surface area contributed by atoms with Crippen LogP contribution in [0.25, 0.3) is 0 Å². The van der Waals surface area contributed by atoms with Crippen molar-refractivity contribution in [1.29, 1.82) is 0 Å². The highest BCUT2D eigenvalue weighted by Gasteiger charge is 2.38. The van der Waals surface area contributed by atoms with Crippen LogP contribution in [0.1, 0.15) is 35.7 Å². The van der Waals surface area contributed by atoms with Crippen molar-refractivity contribution in [2.45, 2.75) is 32.2 Å². The number of rotatable bonds is 2. The van der Waals surface area contributed by atoms with Crippen LogP contribution < -0.4 is 11.1 Å². The van der Waals surface area contributed by atoms with E-state index in [1.807, 2.05) is 19.1 Å². The van der Waals surface area contributed by atoms with E-state index in [2.05, 4.69) is 12.2 Å². The molecule has 0 spiro atoms. The van der Waals surface area contributed by atoms with E-state index in [9.17, 15) is 4.79 Å². The van der Waals surface area contributed by atoms with Crippen LogP contribution >= 0.6 is 0 Å². The van der Waals surface area contributed by atoms with E-state index in [0.29, 0.717) is 11.3 Å². The molecule has 0 unspecified atom stereocenters. The summed E-state index contributed by atoms with van der Waals surface area (Å²) in [5.74, 6) is -0.0262. The summed E-state index contributed by atoms with van der Waals surface area (Å²) in [6.45, 7) is 3.99. The van der Waals surface area contributed by atoms with Crippen LogP contribution in [0.4, 0.5) is 5.69 Å². The number of hydrogen-bond donors (Lipinski definition) is 2. The second-order valence-electron chi connectivity index (χ2n) is 4.59. The highest BCUT2D eigenvalue weighted by molar-refractivity contribution is 5.95. The lowest BCUT2D eigenvalue weighted by Gasteiger charge is -2.12. The molecule has 0 atom stereocenters. The standard InChI is InChI=1S/C12H16N2O/c1-8-3-4-9(7-10(8)13)11(15)14-12(2)5-6-12/h3-4,7H,5-6,13H2,1-2H3,(H,14,15). The maximum atomic E-state index is 11.8. The summed E-state index contributed by atoms with van der Waals surface area (Å²) in [6, 6.07) is 5.42. The van der Waals surface area contributed by atoms with Gasteiger partial charge in [-0.1, -0.05) is 6.07 Å². The number of carbonyl (C=O) groups is 1. The fourth-order valence-electron chi connectivity index (χ4n) is 1.44. The molecule has 1 saturated carbocycles. The van der Waals surface area contributed by atoms with Gasteiger partial charge in [-0.25, -0.2) is 0 Å². The molecular formula is C12H16N2O. The lowest BCUT2D eigenvalue weighted by molar-refractivity contribution is 0.0935. The van der Waals surface area contributed by atoms with Crippen LogP contribution in [0.5, 0.6) is 0 Å². The van der Waals surface area contributed by atoms with Gasteiger partial charge in [-0.15, -0.1) is 0 Å². The molecule has 1 aromatic rings. The molecule has 0 aliphatic heterocycles. The Balaban J connectivity index is 2.15. The van der Waals surface area contributed by atoms with Crippen molar-refractivity contribution in [2.75, 3.05) is 5.73 Å². The number of hydrogen-bond acceptors (Lipinski definition) is 2. The molecule has 0 saturated heterocycles. The molecule has 3 nitrogen and oxygen atoms in total. The topological polar surface area (TPSA) is 55.1 Å². The van der Waals surface area contributed by atoms with Gasteiger partial charge < -0.3 is 11.1 Å². The summed E-state index contributed by atoms with van der Waals surface area (Å²) in [4.78, 5) is 11.8. The van der Waals surface area contributed by atoms with Crippen LogP contribution in [-0.2, 0) is 0 Å². The monoisotopic (exact) mass is 204 g/mol. The third-order valence-electron chi connectivity index (χ3n) is 2.96. The van der Waals surface area contributed by atoms with Gasteiger partial charge >= 0.3 is 0 Å². The normalized spacial score (nSPS) is 17.2. The Labute approximate surface area is 89.7 Å². The Morgan fingerprint density at radius 3 is 2.67 bits per heavy atom. The largest absolute Gasteiger partial charge is 0.398 e. The first-order valence-corrected chi connectivity index (χ1v) is 5.19. The van der Waals surface area contributed by atoms with Gasteiger partial charge in [-0.05, 0) is 44.4 Å². The molecule has 1 aromatic carbocycles. The number of amides is 1. The number of benzene rings is 1. The highest BCUT2D eigenvalue weighted by atomic mass is 16.1. The zero-order chi connectivity index (χ0) is 11.1. The van der Waals surface area contributed by atoms with Gasteiger partial charge in [0.05, 0.1) is 0 Å². The lowest BCUT2D eigenvalue weighted by Crippen LogP contribution is -2.34. The predicted molar refractivity (Wildman–Crippen MR) is 60.7 cm³/mol. The minimum atomic E-state index is -0.0262. The second kappa shape index (κ2) is 3.26. The third kappa shape index (κ3) is 2.12. The lowest BCUT2D eigenvalue weighted by atomic mass is 10.1. The Kier molecular flexibility index (Phi) is 2.18. The van der Waals surface area contributed by atoms with E-state index in [1.165, 1.54) is 0 Å². The number of carbonyl (C=O) groups excluding carboxylic acids is 1. The molecule has 80 valence electrons. The molecule has 2 rings (SSSR count). The first kappa shape index (κ1) is 10.0. The van der Waals surface area contributed by atoms with Gasteiger partial charge in [-0.3, -0.25) is 4.79 Å². The minimum Gasteiger partial charge on any atom is -0.398 e. The average Bonchev–Trinajstić information content (AvgIpc) is 2.88. The SMILES string of the molecule is Cc1ccc(C(=O)NC2(C)CC2)cc1N. The van der Waals surface area contributed by atoms with Gasteiger partial charge in [0.15, 0.2) is 0 Å². The summed E-state index contributed by atoms with van der Waals surface area (Å²) in [7, 11) is 0. The molecule has 1 aliphatic carbocycles. The summed E-state index contributed by atoms with van der Waals surface area (Å²) in [5, 5.41) is 3.00. The summed E-state index contributed by atoms with van der Waals surface area (Å²) < 4.78 is 0. The fraction of sp³-hybridized carbons (Fsp3) is 0.417. The zero-order valence-electron chi connectivity index (χ0n) is 9.13. The fourth-order valence-corrected chi connectivity index (χ4v) is 1.44. The first-order valence-electron chi connectivity index (χ1n) is 5.19. The van der Waals surface area contributed by atoms with E-state index < -0.39 is 0 Å². The van der Waals surface area contributed by atoms with Crippen molar-refractivity contribution < 1.29 is 4.79 Å². The Morgan fingerprint density at radius 1 is 1.47 bits per heavy atom. The Morgan fingerprint density at radius 2 is 2.13 bits per heavy atom. The van der Waals surface area contributed by atoms with Gasteiger partial charge in [0, 0.05) is 16.8 Å². The van der Waals surface area contributed by atoms with Crippen LogP contribution in [0.2, 0.25) is 0 Å². The van der Waals surface area contributed by atoms with Gasteiger partial charge in [0.25, 0.3) is 5.91 Å². The molecule has 0 aromatic heterocycles. The van der Waals surface area contributed by atoms with Gasteiger partial charge in [-0.2, -0.15) is 0 Å². The van der Waals surface area contributed by atoms with Crippen LogP contribution in [0.3, 0.4) is 0 Å². The molecule has 0 heterocycles. The average molecular weight is 204 g/mol. The third-order valence-corrected chi connectivity index (χ3v) is 2.96. The van der Waals surface area contributed by atoms with Crippen LogP contribution in [-0.4, -0.2) is 11.4 Å². The second-order valence-corrected chi connectivity index (χ2v) is 4.59. The molecule has 0 bridgehead atoms. The molecule has 3 N–H and O–H groups in total. The van der Waals surface area contributed by atoms with Crippen molar-refractivity contribution in [2.24, 2.45) is 0 Å². The van der Waals surface area contributed by atoms with Crippen molar-refractivity contribution >= 4 is 11.6 Å². The van der Waals surface area contributed by atoms with Crippen molar-refractivity contribution in [3.8, 4) is 0 Å². The van der Waals surface area contributed by atoms with E-state index in [0.717, 1.165) is 18.4 Å². The quantitative estimate of drug-likeness (QED) is 0.722. The van der Waals surface area contributed by atoms with E-state index in [-0.39, 0.29) is 11.4 Å². The molecular weight excluding hydrogens is 188 g/mol. The van der Waals surface area contributed by atoms with Crippen molar-refractivity contribution in [1.82, 2.24) is 5.32 Å². The van der Waals surface area contributed by atoms with E-state index >= 15 is 0 Å². The van der Waals surface area contributed by atoms with Crippen molar-refractivity contribution in [3.63, 3.8) is 0 Å². The van der Waals surface area contributed by atoms with E-state index in [4.69, 9.17) is 5.73 Å². The maximum Gasteiger partial charge on any atom is 0.251 e. The number of nitrogen functional groups attached to an aromatic ring is 1. The molecule has 1 fully saturated rings. The highest BCUT2D eigenvalue weighted by Crippen LogP contribution is 2.34. The molecule has 1 amide bonds. The van der Waals surface area contributed by atoms with Crippen LogP contribution in [0.15, 0.2) is 18.2 Å². The van der Waals surface area contributed by atoms with Gasteiger partial charge in [0.2, 0.25) is 0 Å². The number of nitrogens with one attached hydrogen (secondary N) is 1. The van der Waals surface area contributed by atoms with Gasteiger partial charge in [0.1, 0.15) is 0 Å². The predicted octanol–water partition coefficient (Wildman–Crippen LogP) is 1.86. The molecule has 1 aliphatic rings. The summed E-state index contributed by atoms with van der Waals surface area (Å²) in [6.07, 6.45) is 2.14. The summed E-state index contributed by atoms with van der Waals surface area (Å²) >= 11 is 0. The Bertz CT molecular complexity index is 408. The van der Waals surface area contributed by atoms with E-state index in [1.54, 1.807) is 6.07 Å². The first-order chi connectivity index (χ1) is 7.00. The van der Waals surface area contributed by atoms with Crippen LogP contribution in [0, 0.1) is 6.92 Å². The number of nitrogens with two attached hydrogens (primary N) is 1. The molecule has 0 radical (unpaired) electrons. The maximum absolute atomic E-state index is 11.8. The Hall–Kier alpha value is -1.51. The van der Waals surface area contributed by atoms with Crippen molar-refractivity contribution in [3.05, 3.63) is 29.3 Å². The number of anilines is 1. The zero-order valence-corrected chi connectivity index (χ0v) is 9.13. The number of aryl methyl sites for hydroxylation is 1. The summed E-state index contributed by atoms with van der Waals surface area (Å²) in [5.41, 5.74) is 8.10. The minimum absolute atomic E-state index is 0.0245. The molecule has 15 heavy (non-hydrogen) atoms.